The van der Waals surface area contributed by atoms with Gasteiger partial charge in [-0.25, -0.2) is 0 Å². The van der Waals surface area contributed by atoms with E-state index in [4.69, 9.17) is 21.1 Å². The van der Waals surface area contributed by atoms with Crippen molar-refractivity contribution in [1.29, 1.82) is 0 Å². The van der Waals surface area contributed by atoms with E-state index in [0.29, 0.717) is 4.71 Å². The monoisotopic (exact) mass is 244 g/mol. The second-order valence-electron chi connectivity index (χ2n) is 4.40. The smallest absolute Gasteiger partial charge is 0.193 e. The van der Waals surface area contributed by atoms with Crippen molar-refractivity contribution in [3.05, 3.63) is 39.8 Å². The van der Waals surface area contributed by atoms with Crippen LogP contribution < -0.4 is 0 Å². The summed E-state index contributed by atoms with van der Waals surface area (Å²) >= 11 is 5.20. The normalized spacial score (nSPS) is 11.5. The highest BCUT2D eigenvalue weighted by molar-refractivity contribution is 7.71. The molecule has 0 aliphatic heterocycles. The van der Waals surface area contributed by atoms with E-state index in [1.165, 1.54) is 5.56 Å². The molecule has 1 aromatic carbocycles. The molecule has 2 heterocycles. The number of furan rings is 1. The van der Waals surface area contributed by atoms with Gasteiger partial charge < -0.3 is 8.83 Å². The van der Waals surface area contributed by atoms with Gasteiger partial charge in [0.15, 0.2) is 4.71 Å². The van der Waals surface area contributed by atoms with Gasteiger partial charge in [-0.05, 0) is 50.2 Å². The van der Waals surface area contributed by atoms with E-state index in [1.54, 1.807) is 6.26 Å². The van der Waals surface area contributed by atoms with Crippen molar-refractivity contribution in [2.75, 3.05) is 0 Å². The lowest BCUT2D eigenvalue weighted by Crippen LogP contribution is -1.85. The topological polar surface area (TPSA) is 26.3 Å². The molecule has 0 bridgehead atoms. The Balaban J connectivity index is 2.58. The third-order valence-corrected chi connectivity index (χ3v) is 3.73. The van der Waals surface area contributed by atoms with Crippen LogP contribution in [0.5, 0.6) is 0 Å². The zero-order valence-corrected chi connectivity index (χ0v) is 10.8. The van der Waals surface area contributed by atoms with Gasteiger partial charge in [0.2, 0.25) is 0 Å². The van der Waals surface area contributed by atoms with Gasteiger partial charge in [0.1, 0.15) is 11.2 Å². The Hall–Kier alpha value is -1.61. The van der Waals surface area contributed by atoms with E-state index in [0.717, 1.165) is 33.1 Å². The predicted molar refractivity (Wildman–Crippen MR) is 71.0 cm³/mol. The Morgan fingerprint density at radius 2 is 1.71 bits per heavy atom. The molecule has 0 unspecified atom stereocenters. The fourth-order valence-corrected chi connectivity index (χ4v) is 2.33. The molecule has 0 N–H and O–H groups in total. The third kappa shape index (κ3) is 1.42. The van der Waals surface area contributed by atoms with Crippen LogP contribution in [0.1, 0.15) is 16.7 Å². The molecule has 3 rings (SSSR count). The first-order chi connectivity index (χ1) is 8.08. The maximum atomic E-state index is 5.65. The van der Waals surface area contributed by atoms with Crippen molar-refractivity contribution < 1.29 is 8.83 Å². The van der Waals surface area contributed by atoms with Gasteiger partial charge in [-0.1, -0.05) is 0 Å². The van der Waals surface area contributed by atoms with Crippen molar-refractivity contribution in [2.24, 2.45) is 0 Å². The summed E-state index contributed by atoms with van der Waals surface area (Å²) < 4.78 is 11.7. The fourth-order valence-electron chi connectivity index (χ4n) is 2.09. The largest absolute Gasteiger partial charge is 0.464 e. The lowest BCUT2D eigenvalue weighted by molar-refractivity contribution is 0.576. The van der Waals surface area contributed by atoms with Gasteiger partial charge in [-0.15, -0.1) is 0 Å². The fraction of sp³-hybridized carbons (Fsp3) is 0.214. The third-order valence-electron chi connectivity index (χ3n) is 3.34. The molecule has 0 radical (unpaired) electrons. The minimum atomic E-state index is 0.553. The second-order valence-corrected chi connectivity index (χ2v) is 4.77. The molecule has 0 saturated carbocycles. The molecule has 0 fully saturated rings. The summed E-state index contributed by atoms with van der Waals surface area (Å²) in [6.45, 7) is 6.11. The van der Waals surface area contributed by atoms with E-state index in [1.807, 2.05) is 19.9 Å². The number of hydrogen-bond donors (Lipinski definition) is 0. The summed E-state index contributed by atoms with van der Waals surface area (Å²) in [5.74, 6) is 0. The predicted octanol–water partition coefficient (Wildman–Crippen LogP) is 4.83. The van der Waals surface area contributed by atoms with E-state index >= 15 is 0 Å². The van der Waals surface area contributed by atoms with E-state index < -0.39 is 0 Å². The zero-order chi connectivity index (χ0) is 12.2. The molecule has 0 amide bonds. The van der Waals surface area contributed by atoms with Gasteiger partial charge >= 0.3 is 0 Å². The van der Waals surface area contributed by atoms with Crippen molar-refractivity contribution in [1.82, 2.24) is 0 Å². The van der Waals surface area contributed by atoms with Gasteiger partial charge in [0, 0.05) is 22.4 Å². The standard InChI is InChI=1S/C14H12O2S/c1-7-6-15-12-5-13-11(4-10(7)12)8(2)9(3)14(17)16-13/h4-6H,1-3H3. The zero-order valence-electron chi connectivity index (χ0n) is 9.96. The highest BCUT2D eigenvalue weighted by Crippen LogP contribution is 2.30. The molecule has 3 heteroatoms. The van der Waals surface area contributed by atoms with Gasteiger partial charge in [-0.2, -0.15) is 0 Å². The number of rotatable bonds is 0. The summed E-state index contributed by atoms with van der Waals surface area (Å²) in [4.78, 5) is 0. The van der Waals surface area contributed by atoms with Crippen molar-refractivity contribution in [3.63, 3.8) is 0 Å². The van der Waals surface area contributed by atoms with Crippen LogP contribution in [0, 0.1) is 25.5 Å². The summed E-state index contributed by atoms with van der Waals surface area (Å²) in [5.41, 5.74) is 4.99. The highest BCUT2D eigenvalue weighted by atomic mass is 32.1. The highest BCUT2D eigenvalue weighted by Gasteiger charge is 2.09. The maximum Gasteiger partial charge on any atom is 0.193 e. The molecule has 0 saturated heterocycles. The number of fused-ring (bicyclic) bond motifs is 2. The Morgan fingerprint density at radius 3 is 2.47 bits per heavy atom. The number of aryl methyl sites for hydroxylation is 2. The van der Waals surface area contributed by atoms with Crippen LogP contribution in [0.3, 0.4) is 0 Å². The van der Waals surface area contributed by atoms with Crippen LogP contribution in [0.2, 0.25) is 0 Å². The molecular formula is C14H12O2S. The quantitative estimate of drug-likeness (QED) is 0.529. The van der Waals surface area contributed by atoms with Crippen LogP contribution in [-0.4, -0.2) is 0 Å². The molecular weight excluding hydrogens is 232 g/mol. The maximum absolute atomic E-state index is 5.65. The average Bonchev–Trinajstić information content (AvgIpc) is 2.66. The average molecular weight is 244 g/mol. The molecule has 0 atom stereocenters. The molecule has 2 nitrogen and oxygen atoms in total. The van der Waals surface area contributed by atoms with Gasteiger partial charge in [-0.3, -0.25) is 0 Å². The number of hydrogen-bond acceptors (Lipinski definition) is 3. The second kappa shape index (κ2) is 3.44. The Labute approximate surface area is 104 Å². The molecule has 86 valence electrons. The molecule has 2 aromatic heterocycles. The van der Waals surface area contributed by atoms with Crippen LogP contribution in [0.15, 0.2) is 27.2 Å². The van der Waals surface area contributed by atoms with E-state index in [9.17, 15) is 0 Å². The summed E-state index contributed by atoms with van der Waals surface area (Å²) in [5, 5.41) is 2.24. The summed E-state index contributed by atoms with van der Waals surface area (Å²) in [6.07, 6.45) is 1.76. The molecule has 17 heavy (non-hydrogen) atoms. The Morgan fingerprint density at radius 1 is 0.941 bits per heavy atom. The van der Waals surface area contributed by atoms with E-state index in [2.05, 4.69) is 13.0 Å². The molecule has 3 aromatic rings. The first kappa shape index (κ1) is 10.5. The molecule has 0 aliphatic rings. The molecule has 0 aliphatic carbocycles. The van der Waals surface area contributed by atoms with Crippen LogP contribution in [-0.2, 0) is 0 Å². The van der Waals surface area contributed by atoms with Crippen LogP contribution in [0.4, 0.5) is 0 Å². The minimum absolute atomic E-state index is 0.553. The summed E-state index contributed by atoms with van der Waals surface area (Å²) in [6, 6.07) is 4.03. The molecule has 0 spiro atoms. The SMILES string of the molecule is Cc1c(C)c2cc3c(C)coc3cc2oc1=S. The van der Waals surface area contributed by atoms with Gasteiger partial charge in [0.25, 0.3) is 0 Å². The van der Waals surface area contributed by atoms with Crippen LogP contribution >= 0.6 is 12.2 Å². The van der Waals surface area contributed by atoms with Crippen molar-refractivity contribution in [3.8, 4) is 0 Å². The lowest BCUT2D eigenvalue weighted by Gasteiger charge is -2.05. The van der Waals surface area contributed by atoms with Crippen molar-refractivity contribution in [2.45, 2.75) is 20.8 Å². The van der Waals surface area contributed by atoms with E-state index in [-0.39, 0.29) is 0 Å². The lowest BCUT2D eigenvalue weighted by atomic mass is 10.0. The first-order valence-electron chi connectivity index (χ1n) is 5.50. The summed E-state index contributed by atoms with van der Waals surface area (Å²) in [7, 11) is 0. The van der Waals surface area contributed by atoms with Gasteiger partial charge in [0.05, 0.1) is 6.26 Å². The Kier molecular flexibility index (Phi) is 2.13. The van der Waals surface area contributed by atoms with Crippen LogP contribution in [0.25, 0.3) is 21.9 Å². The first-order valence-corrected chi connectivity index (χ1v) is 5.90. The minimum Gasteiger partial charge on any atom is -0.464 e. The Bertz CT molecular complexity index is 793. The van der Waals surface area contributed by atoms with Crippen molar-refractivity contribution >= 4 is 34.2 Å². The number of benzene rings is 1.